The molecule has 27 heavy (non-hydrogen) atoms. The van der Waals surface area contributed by atoms with E-state index >= 15 is 0 Å². The number of amides is 1. The molecule has 1 N–H and O–H groups in total. The van der Waals surface area contributed by atoms with Crippen LogP contribution in [0.15, 0.2) is 43.0 Å². The predicted octanol–water partition coefficient (Wildman–Crippen LogP) is 4.82. The Morgan fingerprint density at radius 2 is 2.00 bits per heavy atom. The largest absolute Gasteiger partial charge is 0.406 e. The molecule has 2 rings (SSSR count). The molecule has 5 heteroatoms. The summed E-state index contributed by atoms with van der Waals surface area (Å²) < 4.78 is 12.8. The number of rotatable bonds is 7. The highest BCUT2D eigenvalue weighted by Gasteiger charge is 2.47. The van der Waals surface area contributed by atoms with Gasteiger partial charge in [-0.2, -0.15) is 0 Å². The average molecular weight is 390 g/mol. The van der Waals surface area contributed by atoms with Gasteiger partial charge in [0.2, 0.25) is 5.91 Å². The summed E-state index contributed by atoms with van der Waals surface area (Å²) in [6, 6.07) is 9.77. The summed E-state index contributed by atoms with van der Waals surface area (Å²) in [4.78, 5) is 12.8. The zero-order chi connectivity index (χ0) is 20.1. The number of ether oxygens (including phenoxy) is 1. The van der Waals surface area contributed by atoms with Crippen LogP contribution in [0.4, 0.5) is 0 Å². The van der Waals surface area contributed by atoms with Crippen LogP contribution in [0.2, 0.25) is 18.1 Å². The highest BCUT2D eigenvalue weighted by Crippen LogP contribution is 2.40. The first-order valence-corrected chi connectivity index (χ1v) is 12.8. The van der Waals surface area contributed by atoms with Gasteiger partial charge in [-0.3, -0.25) is 4.79 Å². The Morgan fingerprint density at radius 3 is 2.52 bits per heavy atom. The van der Waals surface area contributed by atoms with E-state index in [0.717, 1.165) is 24.8 Å². The topological polar surface area (TPSA) is 47.6 Å². The maximum Gasteiger partial charge on any atom is 0.226 e. The van der Waals surface area contributed by atoms with Gasteiger partial charge >= 0.3 is 0 Å². The maximum absolute atomic E-state index is 12.8. The number of carbonyl (C=O) groups excluding carboxylic acids is 1. The molecule has 0 aliphatic carbocycles. The molecule has 1 aliphatic rings. The molecule has 1 aromatic carbocycles. The van der Waals surface area contributed by atoms with Gasteiger partial charge in [-0.25, -0.2) is 0 Å². The van der Waals surface area contributed by atoms with Crippen LogP contribution in [0.1, 0.15) is 45.6 Å². The Labute approximate surface area is 165 Å². The summed E-state index contributed by atoms with van der Waals surface area (Å²) in [5, 5.41) is 3.24. The minimum absolute atomic E-state index is 0.0474. The van der Waals surface area contributed by atoms with Crippen molar-refractivity contribution in [2.24, 2.45) is 0 Å². The van der Waals surface area contributed by atoms with Gasteiger partial charge in [0.1, 0.15) is 6.10 Å². The van der Waals surface area contributed by atoms with Crippen molar-refractivity contribution in [1.82, 2.24) is 5.32 Å². The average Bonchev–Trinajstić information content (AvgIpc) is 2.60. The van der Waals surface area contributed by atoms with E-state index in [-0.39, 0.29) is 17.0 Å². The highest BCUT2D eigenvalue weighted by atomic mass is 28.4. The number of nitrogens with one attached hydrogen (secondary N) is 1. The lowest BCUT2D eigenvalue weighted by Crippen LogP contribution is -2.63. The predicted molar refractivity (Wildman–Crippen MR) is 113 cm³/mol. The lowest BCUT2D eigenvalue weighted by molar-refractivity contribution is -0.162. The van der Waals surface area contributed by atoms with Crippen LogP contribution in [-0.2, 0) is 20.4 Å². The molecule has 1 amide bonds. The fourth-order valence-electron chi connectivity index (χ4n) is 3.10. The molecule has 1 fully saturated rings. The van der Waals surface area contributed by atoms with Crippen LogP contribution in [-0.4, -0.2) is 32.7 Å². The summed E-state index contributed by atoms with van der Waals surface area (Å²) >= 11 is 0. The first kappa shape index (κ1) is 21.9. The van der Waals surface area contributed by atoms with Gasteiger partial charge in [0.15, 0.2) is 14.0 Å². The number of hydrogen-bond acceptors (Lipinski definition) is 3. The van der Waals surface area contributed by atoms with Crippen LogP contribution < -0.4 is 5.32 Å². The second-order valence-corrected chi connectivity index (χ2v) is 13.7. The molecule has 2 atom stereocenters. The molecular weight excluding hydrogens is 354 g/mol. The summed E-state index contributed by atoms with van der Waals surface area (Å²) in [6.45, 7) is 15.7. The number of benzene rings is 1. The van der Waals surface area contributed by atoms with Gasteiger partial charge in [0, 0.05) is 6.61 Å². The summed E-state index contributed by atoms with van der Waals surface area (Å²) in [5.74, 6) is -0.0474. The summed E-state index contributed by atoms with van der Waals surface area (Å²) in [6.07, 6.45) is 4.50. The molecule has 1 aromatic rings. The first-order valence-electron chi connectivity index (χ1n) is 9.89. The molecule has 0 saturated carbocycles. The van der Waals surface area contributed by atoms with Crippen LogP contribution >= 0.6 is 0 Å². The van der Waals surface area contributed by atoms with E-state index in [1.807, 2.05) is 30.3 Å². The minimum Gasteiger partial charge on any atom is -0.406 e. The van der Waals surface area contributed by atoms with Gasteiger partial charge in [-0.15, -0.1) is 6.58 Å². The van der Waals surface area contributed by atoms with Crippen molar-refractivity contribution < 1.29 is 14.0 Å². The Bertz CT molecular complexity index is 631. The fourth-order valence-corrected chi connectivity index (χ4v) is 4.37. The Balaban J connectivity index is 2.20. The molecule has 4 nitrogen and oxygen atoms in total. The van der Waals surface area contributed by atoms with E-state index in [1.165, 1.54) is 0 Å². The van der Waals surface area contributed by atoms with Gasteiger partial charge in [0.25, 0.3) is 0 Å². The van der Waals surface area contributed by atoms with E-state index < -0.39 is 14.0 Å². The molecule has 1 heterocycles. The van der Waals surface area contributed by atoms with Gasteiger partial charge < -0.3 is 14.5 Å². The van der Waals surface area contributed by atoms with Crippen LogP contribution in [0.3, 0.4) is 0 Å². The van der Waals surface area contributed by atoms with E-state index in [0.29, 0.717) is 13.0 Å². The molecule has 0 radical (unpaired) electrons. The second-order valence-electron chi connectivity index (χ2n) is 8.94. The van der Waals surface area contributed by atoms with E-state index in [9.17, 15) is 4.79 Å². The first-order chi connectivity index (χ1) is 12.6. The van der Waals surface area contributed by atoms with Crippen molar-refractivity contribution in [3.05, 3.63) is 48.6 Å². The molecular formula is C22H35NO3Si. The highest BCUT2D eigenvalue weighted by molar-refractivity contribution is 6.74. The van der Waals surface area contributed by atoms with Crippen LogP contribution in [0.25, 0.3) is 0 Å². The van der Waals surface area contributed by atoms with Crippen molar-refractivity contribution in [2.75, 3.05) is 6.61 Å². The third-order valence-electron chi connectivity index (χ3n) is 5.76. The van der Waals surface area contributed by atoms with Crippen LogP contribution in [0, 0.1) is 0 Å². The normalized spacial score (nSPS) is 22.1. The lowest BCUT2D eigenvalue weighted by Gasteiger charge is -2.47. The van der Waals surface area contributed by atoms with Crippen molar-refractivity contribution in [1.29, 1.82) is 0 Å². The molecule has 0 unspecified atom stereocenters. The quantitative estimate of drug-likeness (QED) is 0.537. The zero-order valence-corrected chi connectivity index (χ0v) is 18.5. The smallest absolute Gasteiger partial charge is 0.226 e. The number of carbonyl (C=O) groups is 1. The summed E-state index contributed by atoms with van der Waals surface area (Å²) in [5.41, 5.74) is 0.155. The van der Waals surface area contributed by atoms with Crippen molar-refractivity contribution in [2.45, 2.75) is 76.4 Å². The molecule has 150 valence electrons. The minimum atomic E-state index is -2.05. The van der Waals surface area contributed by atoms with Crippen molar-refractivity contribution in [3.63, 3.8) is 0 Å². The Hall–Kier alpha value is -1.43. The maximum atomic E-state index is 12.8. The zero-order valence-electron chi connectivity index (χ0n) is 17.5. The molecule has 0 spiro atoms. The van der Waals surface area contributed by atoms with Gasteiger partial charge in [0.05, 0.1) is 6.42 Å². The fraction of sp³-hybridized carbons (Fsp3) is 0.591. The van der Waals surface area contributed by atoms with Gasteiger partial charge in [-0.1, -0.05) is 57.2 Å². The molecule has 1 aliphatic heterocycles. The van der Waals surface area contributed by atoms with Gasteiger partial charge in [-0.05, 0) is 43.0 Å². The lowest BCUT2D eigenvalue weighted by atomic mass is 9.96. The second kappa shape index (κ2) is 8.72. The SMILES string of the molecule is C=C[C@@H](O[Si](C)(C)C(C)(C)C)[C@@]1(NC(=O)Cc2ccccc2)CCCCO1. The van der Waals surface area contributed by atoms with Crippen molar-refractivity contribution in [3.8, 4) is 0 Å². The Morgan fingerprint density at radius 1 is 1.33 bits per heavy atom. The Kier molecular flexibility index (Phi) is 7.06. The molecule has 0 bridgehead atoms. The van der Waals surface area contributed by atoms with E-state index in [4.69, 9.17) is 9.16 Å². The number of hydrogen-bond donors (Lipinski definition) is 1. The van der Waals surface area contributed by atoms with E-state index in [2.05, 4.69) is 45.8 Å². The summed E-state index contributed by atoms with van der Waals surface area (Å²) in [7, 11) is -2.05. The van der Waals surface area contributed by atoms with Crippen LogP contribution in [0.5, 0.6) is 0 Å². The molecule has 1 saturated heterocycles. The standard InChI is InChI=1S/C22H35NO3Si/c1-7-19(26-27(5,6)21(2,3)4)22(15-11-12-16-25-22)23-20(24)17-18-13-9-8-10-14-18/h7-10,13-14,19H,1,11-12,15-17H2,2-6H3,(H,23,24)/t19-,22-/m1/s1. The third-order valence-corrected chi connectivity index (χ3v) is 10.2. The van der Waals surface area contributed by atoms with E-state index in [1.54, 1.807) is 6.08 Å². The monoisotopic (exact) mass is 389 g/mol. The third kappa shape index (κ3) is 5.53. The molecule has 0 aromatic heterocycles. The van der Waals surface area contributed by atoms with Crippen molar-refractivity contribution >= 4 is 14.2 Å².